The number of nitrogens with one attached hydrogen (secondary N) is 1. The molecule has 5 rings (SSSR count). The minimum atomic E-state index is -0.0488. The van der Waals surface area contributed by atoms with E-state index in [-0.39, 0.29) is 12.1 Å². The summed E-state index contributed by atoms with van der Waals surface area (Å²) in [6.45, 7) is 6.63. The van der Waals surface area contributed by atoms with Crippen molar-refractivity contribution in [1.82, 2.24) is 14.9 Å². The summed E-state index contributed by atoms with van der Waals surface area (Å²) in [7, 11) is 0. The van der Waals surface area contributed by atoms with Crippen molar-refractivity contribution in [3.63, 3.8) is 0 Å². The third-order valence-corrected chi connectivity index (χ3v) is 6.76. The van der Waals surface area contributed by atoms with Crippen molar-refractivity contribution in [2.24, 2.45) is 0 Å². The Morgan fingerprint density at radius 1 is 0.781 bits per heavy atom. The maximum Gasteiger partial charge on any atom is 0.174 e. The zero-order chi connectivity index (χ0) is 22.2. The van der Waals surface area contributed by atoms with Gasteiger partial charge in [-0.15, -0.1) is 0 Å². The van der Waals surface area contributed by atoms with E-state index in [4.69, 9.17) is 17.2 Å². The van der Waals surface area contributed by atoms with E-state index in [9.17, 15) is 0 Å². The number of nitrogens with zero attached hydrogens (tertiary/aromatic N) is 3. The molecule has 2 unspecified atom stereocenters. The van der Waals surface area contributed by atoms with Crippen LogP contribution in [-0.2, 0) is 0 Å². The van der Waals surface area contributed by atoms with Crippen LogP contribution in [0, 0.1) is 20.8 Å². The van der Waals surface area contributed by atoms with E-state index in [1.54, 1.807) is 0 Å². The molecular formula is C27H26N4S. The maximum absolute atomic E-state index is 5.88. The fourth-order valence-electron chi connectivity index (χ4n) is 4.92. The third-order valence-electron chi connectivity index (χ3n) is 6.45. The van der Waals surface area contributed by atoms with Crippen molar-refractivity contribution < 1.29 is 0 Å². The lowest BCUT2D eigenvalue weighted by Crippen LogP contribution is -2.29. The molecule has 5 heteroatoms. The first-order chi connectivity index (χ1) is 15.6. The van der Waals surface area contributed by atoms with Gasteiger partial charge in [0, 0.05) is 34.5 Å². The standard InChI is InChI=1S/C27H26N4S/c1-18-19(2)30(21-12-6-4-7-13-21)20(3)24(18)26-25(23-16-10-11-17-28-23)29-27(32)31(26)22-14-8-5-9-15-22/h4-17,25-26H,1-3H3,(H,29,32). The molecule has 2 aromatic heterocycles. The summed E-state index contributed by atoms with van der Waals surface area (Å²) in [5, 5.41) is 4.30. The first-order valence-electron chi connectivity index (χ1n) is 10.9. The van der Waals surface area contributed by atoms with Crippen LogP contribution in [0.1, 0.15) is 40.3 Å². The summed E-state index contributed by atoms with van der Waals surface area (Å²) in [5.74, 6) is 0. The first kappa shape index (κ1) is 20.5. The zero-order valence-electron chi connectivity index (χ0n) is 18.5. The Balaban J connectivity index is 1.73. The Kier molecular flexibility index (Phi) is 5.27. The minimum Gasteiger partial charge on any atom is -0.351 e. The van der Waals surface area contributed by atoms with Crippen molar-refractivity contribution in [3.05, 3.63) is 113 Å². The van der Waals surface area contributed by atoms with Gasteiger partial charge in [-0.3, -0.25) is 4.98 Å². The van der Waals surface area contributed by atoms with Gasteiger partial charge < -0.3 is 14.8 Å². The van der Waals surface area contributed by atoms with Gasteiger partial charge in [0.15, 0.2) is 5.11 Å². The van der Waals surface area contributed by atoms with Crippen molar-refractivity contribution in [1.29, 1.82) is 0 Å². The second-order valence-corrected chi connectivity index (χ2v) is 8.60. The molecule has 1 fully saturated rings. The van der Waals surface area contributed by atoms with Gasteiger partial charge in [-0.2, -0.15) is 0 Å². The largest absolute Gasteiger partial charge is 0.351 e. The number of anilines is 1. The van der Waals surface area contributed by atoms with Gasteiger partial charge in [0.2, 0.25) is 0 Å². The predicted molar refractivity (Wildman–Crippen MR) is 134 cm³/mol. The predicted octanol–water partition coefficient (Wildman–Crippen LogP) is 5.97. The van der Waals surface area contributed by atoms with Gasteiger partial charge in [-0.1, -0.05) is 42.5 Å². The highest BCUT2D eigenvalue weighted by Gasteiger charge is 2.43. The first-order valence-corrected chi connectivity index (χ1v) is 11.3. The summed E-state index contributed by atoms with van der Waals surface area (Å²) in [4.78, 5) is 6.94. The zero-order valence-corrected chi connectivity index (χ0v) is 19.3. The number of para-hydroxylation sites is 2. The molecule has 1 saturated heterocycles. The lowest BCUT2D eigenvalue weighted by molar-refractivity contribution is 0.563. The van der Waals surface area contributed by atoms with Gasteiger partial charge in [-0.05, 0) is 75.0 Å². The van der Waals surface area contributed by atoms with Crippen molar-refractivity contribution in [2.75, 3.05) is 4.90 Å². The maximum atomic E-state index is 5.88. The number of pyridine rings is 1. The second-order valence-electron chi connectivity index (χ2n) is 8.21. The van der Waals surface area contributed by atoms with Crippen LogP contribution < -0.4 is 10.2 Å². The molecule has 0 amide bonds. The smallest absolute Gasteiger partial charge is 0.174 e. The minimum absolute atomic E-state index is 0.0107. The van der Waals surface area contributed by atoms with Crippen LogP contribution in [0.15, 0.2) is 85.1 Å². The van der Waals surface area contributed by atoms with Gasteiger partial charge in [0.05, 0.1) is 17.8 Å². The molecule has 1 N–H and O–H groups in total. The van der Waals surface area contributed by atoms with Crippen LogP contribution in [0.3, 0.4) is 0 Å². The van der Waals surface area contributed by atoms with Gasteiger partial charge in [-0.25, -0.2) is 0 Å². The quantitative estimate of drug-likeness (QED) is 0.398. The highest BCUT2D eigenvalue weighted by atomic mass is 32.1. The average molecular weight is 439 g/mol. The monoisotopic (exact) mass is 438 g/mol. The molecule has 0 saturated carbocycles. The average Bonchev–Trinajstić information content (AvgIpc) is 3.28. The number of hydrogen-bond donors (Lipinski definition) is 1. The summed E-state index contributed by atoms with van der Waals surface area (Å²) in [5.41, 5.74) is 8.28. The molecule has 1 aliphatic heterocycles. The summed E-state index contributed by atoms with van der Waals surface area (Å²) >= 11 is 5.88. The number of thiocarbonyl (C=S) groups is 1. The van der Waals surface area contributed by atoms with Crippen LogP contribution in [-0.4, -0.2) is 14.7 Å². The fourth-order valence-corrected chi connectivity index (χ4v) is 5.27. The Labute approximate surface area is 194 Å². The highest BCUT2D eigenvalue weighted by Crippen LogP contribution is 2.45. The Morgan fingerprint density at radius 2 is 1.41 bits per heavy atom. The van der Waals surface area contributed by atoms with E-state index in [2.05, 4.69) is 96.2 Å². The van der Waals surface area contributed by atoms with Crippen molar-refractivity contribution in [3.8, 4) is 5.69 Å². The summed E-state index contributed by atoms with van der Waals surface area (Å²) < 4.78 is 2.35. The Hall–Kier alpha value is -3.44. The van der Waals surface area contributed by atoms with Crippen LogP contribution in [0.2, 0.25) is 0 Å². The third kappa shape index (κ3) is 3.30. The summed E-state index contributed by atoms with van der Waals surface area (Å²) in [6, 6.07) is 26.9. The Morgan fingerprint density at radius 3 is 2.03 bits per heavy atom. The molecule has 0 aliphatic carbocycles. The molecule has 4 aromatic rings. The van der Waals surface area contributed by atoms with E-state index in [1.807, 2.05) is 24.4 Å². The molecular weight excluding hydrogens is 412 g/mol. The van der Waals surface area contributed by atoms with Gasteiger partial charge >= 0.3 is 0 Å². The van der Waals surface area contributed by atoms with E-state index >= 15 is 0 Å². The topological polar surface area (TPSA) is 33.1 Å². The Bertz CT molecular complexity index is 1250. The molecule has 1 aliphatic rings. The van der Waals surface area contributed by atoms with Crippen LogP contribution in [0.4, 0.5) is 5.69 Å². The summed E-state index contributed by atoms with van der Waals surface area (Å²) in [6.07, 6.45) is 1.85. The molecule has 0 bridgehead atoms. The molecule has 2 atom stereocenters. The second kappa shape index (κ2) is 8.24. The molecule has 0 radical (unpaired) electrons. The molecule has 160 valence electrons. The van der Waals surface area contributed by atoms with Crippen LogP contribution in [0.25, 0.3) is 5.69 Å². The number of hydrogen-bond acceptors (Lipinski definition) is 2. The van der Waals surface area contributed by atoms with Crippen LogP contribution >= 0.6 is 12.2 Å². The molecule has 3 heterocycles. The van der Waals surface area contributed by atoms with Gasteiger partial charge in [0.1, 0.15) is 0 Å². The normalized spacial score (nSPS) is 18.1. The highest BCUT2D eigenvalue weighted by molar-refractivity contribution is 7.80. The number of aromatic nitrogens is 2. The lowest BCUT2D eigenvalue weighted by Gasteiger charge is -2.29. The van der Waals surface area contributed by atoms with Gasteiger partial charge in [0.25, 0.3) is 0 Å². The molecule has 0 spiro atoms. The van der Waals surface area contributed by atoms with E-state index in [1.165, 1.54) is 28.2 Å². The van der Waals surface area contributed by atoms with E-state index in [0.29, 0.717) is 0 Å². The lowest BCUT2D eigenvalue weighted by atomic mass is 9.93. The SMILES string of the molecule is Cc1c(C2C(c3ccccn3)NC(=S)N2c2ccccc2)c(C)n(-c2ccccc2)c1C. The molecule has 4 nitrogen and oxygen atoms in total. The number of benzene rings is 2. The van der Waals surface area contributed by atoms with Crippen molar-refractivity contribution in [2.45, 2.75) is 32.9 Å². The fraction of sp³-hybridized carbons (Fsp3) is 0.185. The molecule has 32 heavy (non-hydrogen) atoms. The molecule has 2 aromatic carbocycles. The number of rotatable bonds is 4. The van der Waals surface area contributed by atoms with E-state index < -0.39 is 0 Å². The van der Waals surface area contributed by atoms with Crippen molar-refractivity contribution >= 4 is 23.0 Å². The van der Waals surface area contributed by atoms with E-state index in [0.717, 1.165) is 16.5 Å². The van der Waals surface area contributed by atoms with Crippen LogP contribution in [0.5, 0.6) is 0 Å².